The first-order valence-corrected chi connectivity index (χ1v) is 2.98. The van der Waals surface area contributed by atoms with Gasteiger partial charge in [-0.15, -0.1) is 0 Å². The molecule has 3 nitrogen and oxygen atoms in total. The highest BCUT2D eigenvalue weighted by atomic mass is 16.7. The lowest BCUT2D eigenvalue weighted by molar-refractivity contribution is -0.0339. The summed E-state index contributed by atoms with van der Waals surface area (Å²) in [5.74, 6) is 0. The molecule has 72 valence electrons. The third-order valence-electron chi connectivity index (χ3n) is 0.884. The second-order valence-corrected chi connectivity index (χ2v) is 2.12. The monoisotopic (exact) mass is 165 g/mol. The van der Waals surface area contributed by atoms with Gasteiger partial charge in [0.15, 0.2) is 0 Å². The van der Waals surface area contributed by atoms with E-state index in [0.717, 1.165) is 13.2 Å². The van der Waals surface area contributed by atoms with E-state index < -0.39 is 0 Å². The first-order chi connectivity index (χ1) is 4.27. The van der Waals surface area contributed by atoms with E-state index in [1.165, 1.54) is 0 Å². The van der Waals surface area contributed by atoms with Crippen molar-refractivity contribution in [3.8, 4) is 0 Å². The molecular weight excluding hydrogens is 142 g/mol. The fraction of sp³-hybridized carbons (Fsp3) is 1.00. The van der Waals surface area contributed by atoms with Crippen LogP contribution in [0.2, 0.25) is 0 Å². The van der Waals surface area contributed by atoms with Gasteiger partial charge in [-0.05, 0) is 14.1 Å². The van der Waals surface area contributed by atoms with Crippen LogP contribution < -0.4 is 0 Å². The lowest BCUT2D eigenvalue weighted by Gasteiger charge is -2.08. The van der Waals surface area contributed by atoms with E-state index in [-0.39, 0.29) is 14.9 Å². The molecule has 0 aromatic heterocycles. The van der Waals surface area contributed by atoms with Crippen LogP contribution in [0.5, 0.6) is 0 Å². The van der Waals surface area contributed by atoms with Gasteiger partial charge in [-0.2, -0.15) is 0 Å². The summed E-state index contributed by atoms with van der Waals surface area (Å²) in [6.45, 7) is 2.08. The molecule has 0 rings (SSSR count). The lowest BCUT2D eigenvalue weighted by Crippen LogP contribution is -2.18. The molecule has 0 amide bonds. The van der Waals surface area contributed by atoms with Crippen molar-refractivity contribution in [2.75, 3.05) is 41.1 Å². The van der Waals surface area contributed by atoms with E-state index in [9.17, 15) is 0 Å². The lowest BCUT2D eigenvalue weighted by atomic mass is 10.6. The summed E-state index contributed by atoms with van der Waals surface area (Å²) in [7, 11) is 5.64. The van der Waals surface area contributed by atoms with Crippen molar-refractivity contribution < 1.29 is 9.47 Å². The fourth-order valence-electron chi connectivity index (χ4n) is 0.389. The highest BCUT2D eigenvalue weighted by Crippen LogP contribution is 1.77. The minimum Gasteiger partial charge on any atom is -0.359 e. The summed E-state index contributed by atoms with van der Waals surface area (Å²) >= 11 is 0. The van der Waals surface area contributed by atoms with Gasteiger partial charge in [0.2, 0.25) is 0 Å². The molecule has 0 saturated heterocycles. The SMILES string of the molecule is C.C.COCOCCN(C)C. The number of nitrogens with zero attached hydrogens (tertiary/aromatic N) is 1. The number of rotatable bonds is 5. The van der Waals surface area contributed by atoms with Crippen LogP contribution >= 0.6 is 0 Å². The normalized spacial score (nSPS) is 8.73. The maximum atomic E-state index is 5.03. The number of ether oxygens (including phenoxy) is 2. The Morgan fingerprint density at radius 1 is 1.18 bits per heavy atom. The predicted molar refractivity (Wildman–Crippen MR) is 49.8 cm³/mol. The van der Waals surface area contributed by atoms with Gasteiger partial charge in [0.1, 0.15) is 6.79 Å². The Morgan fingerprint density at radius 2 is 1.73 bits per heavy atom. The molecule has 0 saturated carbocycles. The molecule has 0 radical (unpaired) electrons. The van der Waals surface area contributed by atoms with Crippen molar-refractivity contribution >= 4 is 0 Å². The van der Waals surface area contributed by atoms with Gasteiger partial charge in [0.25, 0.3) is 0 Å². The molecule has 0 heterocycles. The molecule has 3 heteroatoms. The van der Waals surface area contributed by atoms with Crippen molar-refractivity contribution in [3.63, 3.8) is 0 Å². The van der Waals surface area contributed by atoms with Gasteiger partial charge in [-0.1, -0.05) is 14.9 Å². The van der Waals surface area contributed by atoms with Gasteiger partial charge in [-0.3, -0.25) is 0 Å². The minimum atomic E-state index is 0. The van der Waals surface area contributed by atoms with Crippen molar-refractivity contribution in [1.82, 2.24) is 4.90 Å². The molecular formula is C8H23NO2. The Kier molecular flexibility index (Phi) is 19.5. The zero-order valence-electron chi connectivity index (χ0n) is 6.39. The van der Waals surface area contributed by atoms with E-state index in [2.05, 4.69) is 9.64 Å². The molecule has 0 aromatic rings. The average molecular weight is 165 g/mol. The number of likely N-dealkylation sites (N-methyl/N-ethyl adjacent to an activating group) is 1. The van der Waals surface area contributed by atoms with Crippen LogP contribution in [0, 0.1) is 0 Å². The van der Waals surface area contributed by atoms with E-state index in [1.54, 1.807) is 7.11 Å². The molecule has 0 spiro atoms. The van der Waals surface area contributed by atoms with Crippen molar-refractivity contribution in [3.05, 3.63) is 0 Å². The number of methoxy groups -OCH3 is 1. The Balaban J connectivity index is -0.000000320. The molecule has 0 N–H and O–H groups in total. The third kappa shape index (κ3) is 17.7. The predicted octanol–water partition coefficient (Wildman–Crippen LogP) is 1.44. The number of hydrogen-bond acceptors (Lipinski definition) is 3. The summed E-state index contributed by atoms with van der Waals surface area (Å²) in [5, 5.41) is 0. The van der Waals surface area contributed by atoms with E-state index in [4.69, 9.17) is 4.74 Å². The van der Waals surface area contributed by atoms with Crippen LogP contribution in [0.25, 0.3) is 0 Å². The van der Waals surface area contributed by atoms with Crippen molar-refractivity contribution in [2.45, 2.75) is 14.9 Å². The molecule has 0 bridgehead atoms. The highest BCUT2D eigenvalue weighted by molar-refractivity contribution is 4.37. The molecule has 0 aliphatic carbocycles. The summed E-state index contributed by atoms with van der Waals surface area (Å²) in [4.78, 5) is 2.07. The molecule has 0 atom stereocenters. The smallest absolute Gasteiger partial charge is 0.146 e. The highest BCUT2D eigenvalue weighted by Gasteiger charge is 1.87. The van der Waals surface area contributed by atoms with Gasteiger partial charge >= 0.3 is 0 Å². The van der Waals surface area contributed by atoms with Crippen LogP contribution in [0.15, 0.2) is 0 Å². The summed E-state index contributed by atoms with van der Waals surface area (Å²) in [5.41, 5.74) is 0. The van der Waals surface area contributed by atoms with Crippen LogP contribution in [-0.2, 0) is 9.47 Å². The summed E-state index contributed by atoms with van der Waals surface area (Å²) < 4.78 is 9.71. The third-order valence-corrected chi connectivity index (χ3v) is 0.884. The Bertz CT molecular complexity index is 58.1. The molecule has 0 aromatic carbocycles. The standard InChI is InChI=1S/C6H15NO2.2CH4/c1-7(2)4-5-9-6-8-3;;/h4-6H2,1-3H3;2*1H4. The van der Waals surface area contributed by atoms with Crippen LogP contribution in [0.4, 0.5) is 0 Å². The van der Waals surface area contributed by atoms with E-state index in [0.29, 0.717) is 6.79 Å². The second-order valence-electron chi connectivity index (χ2n) is 2.12. The van der Waals surface area contributed by atoms with Crippen LogP contribution in [-0.4, -0.2) is 46.0 Å². The first kappa shape index (κ1) is 17.1. The maximum Gasteiger partial charge on any atom is 0.146 e. The average Bonchev–Trinajstić information content (AvgIpc) is 1.80. The molecule has 0 aliphatic heterocycles. The molecule has 0 unspecified atom stereocenters. The summed E-state index contributed by atoms with van der Waals surface area (Å²) in [6.07, 6.45) is 0. The van der Waals surface area contributed by atoms with Crippen molar-refractivity contribution in [2.24, 2.45) is 0 Å². The van der Waals surface area contributed by atoms with Gasteiger partial charge < -0.3 is 14.4 Å². The van der Waals surface area contributed by atoms with Crippen LogP contribution in [0.1, 0.15) is 14.9 Å². The Labute approximate surface area is 71.3 Å². The van der Waals surface area contributed by atoms with Gasteiger partial charge in [-0.25, -0.2) is 0 Å². The molecule has 0 aliphatic rings. The van der Waals surface area contributed by atoms with Crippen molar-refractivity contribution in [1.29, 1.82) is 0 Å². The zero-order chi connectivity index (χ0) is 7.11. The zero-order valence-corrected chi connectivity index (χ0v) is 6.39. The topological polar surface area (TPSA) is 21.7 Å². The van der Waals surface area contributed by atoms with Crippen LogP contribution in [0.3, 0.4) is 0 Å². The first-order valence-electron chi connectivity index (χ1n) is 2.98. The van der Waals surface area contributed by atoms with Gasteiger partial charge in [0.05, 0.1) is 6.61 Å². The quantitative estimate of drug-likeness (QED) is 0.454. The Morgan fingerprint density at radius 3 is 2.09 bits per heavy atom. The second kappa shape index (κ2) is 12.5. The Hall–Kier alpha value is -0.120. The maximum absolute atomic E-state index is 5.03. The number of hydrogen-bond donors (Lipinski definition) is 0. The molecule has 11 heavy (non-hydrogen) atoms. The minimum absolute atomic E-state index is 0. The fourth-order valence-corrected chi connectivity index (χ4v) is 0.389. The van der Waals surface area contributed by atoms with E-state index >= 15 is 0 Å². The largest absolute Gasteiger partial charge is 0.359 e. The summed E-state index contributed by atoms with van der Waals surface area (Å²) in [6, 6.07) is 0. The van der Waals surface area contributed by atoms with E-state index in [1.807, 2.05) is 14.1 Å². The molecule has 0 fully saturated rings. The van der Waals surface area contributed by atoms with Gasteiger partial charge in [0, 0.05) is 13.7 Å².